The van der Waals surface area contributed by atoms with E-state index in [-0.39, 0.29) is 0 Å². The van der Waals surface area contributed by atoms with E-state index in [0.717, 1.165) is 0 Å². The van der Waals surface area contributed by atoms with E-state index >= 15 is 0 Å². The van der Waals surface area contributed by atoms with Gasteiger partial charge in [0.2, 0.25) is 0 Å². The summed E-state index contributed by atoms with van der Waals surface area (Å²) in [7, 11) is 2.04. The van der Waals surface area contributed by atoms with Gasteiger partial charge in [0.1, 0.15) is 6.61 Å². The predicted octanol–water partition coefficient (Wildman–Crippen LogP) is 1.56. The zero-order valence-electron chi connectivity index (χ0n) is 8.60. The third kappa shape index (κ3) is 3.80. The van der Waals surface area contributed by atoms with Crippen molar-refractivity contribution in [2.45, 2.75) is 44.8 Å². The summed E-state index contributed by atoms with van der Waals surface area (Å²) >= 11 is 0. The summed E-state index contributed by atoms with van der Waals surface area (Å²) in [4.78, 5) is 0. The second-order valence-electron chi connectivity index (χ2n) is 3.50. The Kier molecular flexibility index (Phi) is 4.88. The van der Waals surface area contributed by atoms with Crippen molar-refractivity contribution in [3.8, 4) is 11.8 Å². The lowest BCUT2D eigenvalue weighted by molar-refractivity contribution is 0.0433. The Balaban J connectivity index is 2.12. The molecule has 1 aliphatic carbocycles. The standard InChI is InChI=1S/C11H19NO/c1-3-4-9-13-11-7-5-10(12-2)6-8-11/h10-12H,5-9H2,1-2H3. The Labute approximate surface area is 81.0 Å². The lowest BCUT2D eigenvalue weighted by Gasteiger charge is -2.27. The van der Waals surface area contributed by atoms with Crippen LogP contribution >= 0.6 is 0 Å². The number of rotatable bonds is 3. The quantitative estimate of drug-likeness (QED) is 0.667. The van der Waals surface area contributed by atoms with Crippen molar-refractivity contribution < 1.29 is 4.74 Å². The van der Waals surface area contributed by atoms with E-state index in [1.165, 1.54) is 25.7 Å². The molecule has 1 saturated carbocycles. The highest BCUT2D eigenvalue weighted by molar-refractivity contribution is 4.95. The van der Waals surface area contributed by atoms with Gasteiger partial charge >= 0.3 is 0 Å². The molecule has 0 saturated heterocycles. The Bertz CT molecular complexity index is 184. The third-order valence-electron chi connectivity index (χ3n) is 2.65. The molecule has 1 rings (SSSR count). The van der Waals surface area contributed by atoms with Gasteiger partial charge in [-0.25, -0.2) is 0 Å². The van der Waals surface area contributed by atoms with Crippen molar-refractivity contribution in [2.24, 2.45) is 0 Å². The van der Waals surface area contributed by atoms with E-state index in [0.29, 0.717) is 18.8 Å². The van der Waals surface area contributed by atoms with Gasteiger partial charge in [-0.2, -0.15) is 0 Å². The predicted molar refractivity (Wildman–Crippen MR) is 54.5 cm³/mol. The molecule has 1 aliphatic rings. The van der Waals surface area contributed by atoms with Crippen LogP contribution in [0, 0.1) is 11.8 Å². The van der Waals surface area contributed by atoms with Crippen LogP contribution in [0.3, 0.4) is 0 Å². The van der Waals surface area contributed by atoms with Crippen LogP contribution in [0.1, 0.15) is 32.6 Å². The van der Waals surface area contributed by atoms with Gasteiger partial charge in [0.05, 0.1) is 6.10 Å². The zero-order chi connectivity index (χ0) is 9.52. The van der Waals surface area contributed by atoms with Crippen LogP contribution in [0.4, 0.5) is 0 Å². The van der Waals surface area contributed by atoms with Crippen LogP contribution in [-0.4, -0.2) is 25.8 Å². The van der Waals surface area contributed by atoms with E-state index in [9.17, 15) is 0 Å². The summed E-state index contributed by atoms with van der Waals surface area (Å²) in [6.45, 7) is 2.45. The van der Waals surface area contributed by atoms with E-state index in [2.05, 4.69) is 17.2 Å². The second-order valence-corrected chi connectivity index (χ2v) is 3.50. The Morgan fingerprint density at radius 3 is 2.54 bits per heavy atom. The van der Waals surface area contributed by atoms with Crippen molar-refractivity contribution in [3.63, 3.8) is 0 Å². The molecule has 1 fully saturated rings. The molecule has 1 N–H and O–H groups in total. The van der Waals surface area contributed by atoms with Crippen molar-refractivity contribution in [3.05, 3.63) is 0 Å². The molecule has 0 bridgehead atoms. The van der Waals surface area contributed by atoms with Gasteiger partial charge in [-0.3, -0.25) is 0 Å². The van der Waals surface area contributed by atoms with Crippen LogP contribution in [0.25, 0.3) is 0 Å². The SMILES string of the molecule is CC#CCOC1CCC(NC)CC1. The lowest BCUT2D eigenvalue weighted by atomic mass is 9.93. The maximum Gasteiger partial charge on any atom is 0.108 e. The molecule has 0 unspecified atom stereocenters. The molecule has 0 aromatic heterocycles. The highest BCUT2D eigenvalue weighted by Gasteiger charge is 2.19. The molecule has 0 atom stereocenters. The Morgan fingerprint density at radius 2 is 2.00 bits per heavy atom. The van der Waals surface area contributed by atoms with E-state index in [1.807, 2.05) is 14.0 Å². The third-order valence-corrected chi connectivity index (χ3v) is 2.65. The van der Waals surface area contributed by atoms with Crippen LogP contribution in [-0.2, 0) is 4.74 Å². The van der Waals surface area contributed by atoms with Gasteiger partial charge < -0.3 is 10.1 Å². The van der Waals surface area contributed by atoms with Gasteiger partial charge in [-0.05, 0) is 39.7 Å². The summed E-state index contributed by atoms with van der Waals surface area (Å²) in [6.07, 6.45) is 5.28. The van der Waals surface area contributed by atoms with Gasteiger partial charge in [-0.1, -0.05) is 5.92 Å². The average Bonchev–Trinajstić information content (AvgIpc) is 2.19. The van der Waals surface area contributed by atoms with Crippen molar-refractivity contribution >= 4 is 0 Å². The fraction of sp³-hybridized carbons (Fsp3) is 0.818. The largest absolute Gasteiger partial charge is 0.366 e. The zero-order valence-corrected chi connectivity index (χ0v) is 8.60. The van der Waals surface area contributed by atoms with Gasteiger partial charge in [0, 0.05) is 6.04 Å². The maximum atomic E-state index is 5.61. The van der Waals surface area contributed by atoms with Gasteiger partial charge in [0.15, 0.2) is 0 Å². The molecule has 0 radical (unpaired) electrons. The summed E-state index contributed by atoms with van der Waals surface area (Å²) in [5.41, 5.74) is 0. The summed E-state index contributed by atoms with van der Waals surface area (Å²) < 4.78 is 5.61. The highest BCUT2D eigenvalue weighted by atomic mass is 16.5. The molecular formula is C11H19NO. The molecule has 13 heavy (non-hydrogen) atoms. The number of hydrogen-bond acceptors (Lipinski definition) is 2. The average molecular weight is 181 g/mol. The Morgan fingerprint density at radius 1 is 1.31 bits per heavy atom. The highest BCUT2D eigenvalue weighted by Crippen LogP contribution is 2.20. The summed E-state index contributed by atoms with van der Waals surface area (Å²) in [5.74, 6) is 5.77. The number of nitrogens with one attached hydrogen (secondary N) is 1. The fourth-order valence-electron chi connectivity index (χ4n) is 1.75. The lowest BCUT2D eigenvalue weighted by Crippen LogP contribution is -2.33. The minimum Gasteiger partial charge on any atom is -0.366 e. The molecule has 0 aromatic carbocycles. The maximum absolute atomic E-state index is 5.61. The minimum atomic E-state index is 0.449. The first-order chi connectivity index (χ1) is 6.36. The normalized spacial score (nSPS) is 27.8. The first kappa shape index (κ1) is 10.6. The monoisotopic (exact) mass is 181 g/mol. The smallest absolute Gasteiger partial charge is 0.108 e. The molecule has 2 nitrogen and oxygen atoms in total. The molecular weight excluding hydrogens is 162 g/mol. The molecule has 74 valence electrons. The topological polar surface area (TPSA) is 21.3 Å². The van der Waals surface area contributed by atoms with Crippen molar-refractivity contribution in [1.82, 2.24) is 5.32 Å². The van der Waals surface area contributed by atoms with E-state index in [1.54, 1.807) is 0 Å². The van der Waals surface area contributed by atoms with Crippen LogP contribution in [0.2, 0.25) is 0 Å². The number of ether oxygens (including phenoxy) is 1. The Hall–Kier alpha value is -0.520. The molecule has 0 spiro atoms. The number of hydrogen-bond donors (Lipinski definition) is 1. The molecule has 0 aromatic rings. The molecule has 2 heteroatoms. The van der Waals surface area contributed by atoms with Crippen LogP contribution in [0.5, 0.6) is 0 Å². The molecule has 0 amide bonds. The van der Waals surface area contributed by atoms with Crippen molar-refractivity contribution in [1.29, 1.82) is 0 Å². The molecule has 0 heterocycles. The van der Waals surface area contributed by atoms with E-state index in [4.69, 9.17) is 4.74 Å². The van der Waals surface area contributed by atoms with Crippen molar-refractivity contribution in [2.75, 3.05) is 13.7 Å². The van der Waals surface area contributed by atoms with Gasteiger partial charge in [-0.15, -0.1) is 5.92 Å². The van der Waals surface area contributed by atoms with Crippen LogP contribution in [0.15, 0.2) is 0 Å². The summed E-state index contributed by atoms with van der Waals surface area (Å²) in [5, 5.41) is 3.31. The second kappa shape index (κ2) is 6.01. The summed E-state index contributed by atoms with van der Waals surface area (Å²) in [6, 6.07) is 0.706. The first-order valence-electron chi connectivity index (χ1n) is 5.05. The molecule has 0 aliphatic heterocycles. The van der Waals surface area contributed by atoms with Gasteiger partial charge in [0.25, 0.3) is 0 Å². The minimum absolute atomic E-state index is 0.449. The van der Waals surface area contributed by atoms with Crippen LogP contribution < -0.4 is 5.32 Å². The van der Waals surface area contributed by atoms with E-state index < -0.39 is 0 Å². The fourth-order valence-corrected chi connectivity index (χ4v) is 1.75. The first-order valence-corrected chi connectivity index (χ1v) is 5.05.